The quantitative estimate of drug-likeness (QED) is 0.615. The van der Waals surface area contributed by atoms with Gasteiger partial charge in [0, 0.05) is 33.3 Å². The van der Waals surface area contributed by atoms with Gasteiger partial charge in [0.25, 0.3) is 5.91 Å². The van der Waals surface area contributed by atoms with Gasteiger partial charge in [0.15, 0.2) is 12.0 Å². The summed E-state index contributed by atoms with van der Waals surface area (Å²) in [5.74, 6) is 0.0928. The lowest BCUT2D eigenvalue weighted by Gasteiger charge is -2.20. The molecule has 3 aromatic rings. The molecule has 2 N–H and O–H groups in total. The van der Waals surface area contributed by atoms with Crippen LogP contribution < -0.4 is 10.2 Å². The number of fused-ring (bicyclic) bond motifs is 2. The first kappa shape index (κ1) is 18.3. The monoisotopic (exact) mass is 373 g/mol. The number of carbonyl (C=O) groups excluding carboxylic acids is 1. The van der Waals surface area contributed by atoms with Gasteiger partial charge in [-0.3, -0.25) is 9.59 Å². The highest BCUT2D eigenvalue weighted by Gasteiger charge is 2.14. The van der Waals surface area contributed by atoms with E-state index in [1.807, 2.05) is 24.3 Å². The fourth-order valence-corrected chi connectivity index (χ4v) is 3.76. The average Bonchev–Trinajstić information content (AvgIpc) is 2.66. The lowest BCUT2D eigenvalue weighted by atomic mass is 10.2. The van der Waals surface area contributed by atoms with E-state index in [0.717, 1.165) is 9.40 Å². The molecule has 136 valence electrons. The molecule has 2 aromatic carbocycles. The molecule has 6 nitrogen and oxygen atoms in total. The lowest BCUT2D eigenvalue weighted by Crippen LogP contribution is -2.38. The van der Waals surface area contributed by atoms with Gasteiger partial charge in [-0.05, 0) is 30.3 Å². The van der Waals surface area contributed by atoms with Gasteiger partial charge < -0.3 is 19.8 Å². The molecular weight excluding hydrogens is 354 g/mol. The molecule has 3 rings (SSSR count). The highest BCUT2D eigenvalue weighted by molar-refractivity contribution is 7.24. The van der Waals surface area contributed by atoms with Crippen molar-refractivity contribution in [2.75, 3.05) is 32.9 Å². The molecule has 0 atom stereocenters. The van der Waals surface area contributed by atoms with Crippen molar-refractivity contribution >= 4 is 37.4 Å². The first-order valence-corrected chi connectivity index (χ1v) is 9.03. The van der Waals surface area contributed by atoms with Crippen molar-refractivity contribution in [3.63, 3.8) is 0 Å². The molecule has 1 heterocycles. The number of aliphatic hydroxyl groups is 2. The largest absolute Gasteiger partial charge is 0.484 e. The van der Waals surface area contributed by atoms with E-state index >= 15 is 0 Å². The average molecular weight is 373 g/mol. The van der Waals surface area contributed by atoms with Crippen LogP contribution >= 0.6 is 11.3 Å². The molecule has 0 aliphatic heterocycles. The SMILES string of the molecule is O=C(COc1ccc2sc3ccccc3c(=O)c2c1)N(CCO)CCO. The topological polar surface area (TPSA) is 87.1 Å². The predicted molar refractivity (Wildman–Crippen MR) is 102 cm³/mol. The van der Waals surface area contributed by atoms with Crippen LogP contribution in [0.1, 0.15) is 0 Å². The van der Waals surface area contributed by atoms with E-state index in [0.29, 0.717) is 16.5 Å². The van der Waals surface area contributed by atoms with Crippen molar-refractivity contribution in [2.24, 2.45) is 0 Å². The number of hydrogen-bond donors (Lipinski definition) is 2. The molecule has 26 heavy (non-hydrogen) atoms. The number of aliphatic hydroxyl groups excluding tert-OH is 2. The van der Waals surface area contributed by atoms with Crippen LogP contribution in [0.3, 0.4) is 0 Å². The second kappa shape index (κ2) is 8.27. The summed E-state index contributed by atoms with van der Waals surface area (Å²) >= 11 is 1.53. The van der Waals surface area contributed by atoms with Crippen LogP contribution in [0.4, 0.5) is 0 Å². The fraction of sp³-hybridized carbons (Fsp3) is 0.263. The smallest absolute Gasteiger partial charge is 0.260 e. The number of ether oxygens (including phenoxy) is 1. The Morgan fingerprint density at radius 3 is 2.42 bits per heavy atom. The van der Waals surface area contributed by atoms with Crippen molar-refractivity contribution in [3.05, 3.63) is 52.7 Å². The zero-order valence-electron chi connectivity index (χ0n) is 14.1. The predicted octanol–water partition coefficient (Wildman–Crippen LogP) is 1.61. The molecule has 0 fully saturated rings. The third-order valence-corrected chi connectivity index (χ3v) is 5.15. The van der Waals surface area contributed by atoms with Gasteiger partial charge >= 0.3 is 0 Å². The summed E-state index contributed by atoms with van der Waals surface area (Å²) in [7, 11) is 0. The van der Waals surface area contributed by atoms with E-state index in [1.54, 1.807) is 18.2 Å². The van der Waals surface area contributed by atoms with Crippen LogP contribution in [0.5, 0.6) is 5.75 Å². The highest BCUT2D eigenvalue weighted by Crippen LogP contribution is 2.27. The third kappa shape index (κ3) is 3.85. The Kier molecular flexibility index (Phi) is 5.82. The molecule has 7 heteroatoms. The highest BCUT2D eigenvalue weighted by atomic mass is 32.1. The molecule has 0 spiro atoms. The number of nitrogens with zero attached hydrogens (tertiary/aromatic N) is 1. The van der Waals surface area contributed by atoms with Crippen molar-refractivity contribution in [2.45, 2.75) is 0 Å². The number of benzene rings is 2. The summed E-state index contributed by atoms with van der Waals surface area (Å²) < 4.78 is 7.31. The van der Waals surface area contributed by atoms with Gasteiger partial charge in [0.2, 0.25) is 0 Å². The van der Waals surface area contributed by atoms with Gasteiger partial charge in [-0.1, -0.05) is 12.1 Å². The molecular formula is C19H19NO5S. The minimum atomic E-state index is -0.336. The molecule has 1 aromatic heterocycles. The van der Waals surface area contributed by atoms with Gasteiger partial charge in [0.1, 0.15) is 5.75 Å². The van der Waals surface area contributed by atoms with Crippen LogP contribution in [0.15, 0.2) is 47.3 Å². The van der Waals surface area contributed by atoms with Crippen molar-refractivity contribution in [1.82, 2.24) is 4.90 Å². The summed E-state index contributed by atoms with van der Waals surface area (Å²) in [6, 6.07) is 12.6. The van der Waals surface area contributed by atoms with Gasteiger partial charge in [0.05, 0.1) is 13.2 Å². The van der Waals surface area contributed by atoms with Crippen LogP contribution in [-0.4, -0.2) is 53.9 Å². The second-order valence-corrected chi connectivity index (χ2v) is 6.79. The van der Waals surface area contributed by atoms with Gasteiger partial charge in [-0.25, -0.2) is 0 Å². The van der Waals surface area contributed by atoms with Crippen LogP contribution in [0.25, 0.3) is 20.2 Å². The van der Waals surface area contributed by atoms with Gasteiger partial charge in [-0.2, -0.15) is 0 Å². The van der Waals surface area contributed by atoms with E-state index in [9.17, 15) is 9.59 Å². The Morgan fingerprint density at radius 2 is 1.69 bits per heavy atom. The minimum absolute atomic E-state index is 0.0617. The Bertz CT molecular complexity index is 978. The van der Waals surface area contributed by atoms with Crippen LogP contribution in [-0.2, 0) is 4.79 Å². The number of hydrogen-bond acceptors (Lipinski definition) is 6. The Morgan fingerprint density at radius 1 is 1.00 bits per heavy atom. The number of amides is 1. The van der Waals surface area contributed by atoms with E-state index in [1.165, 1.54) is 16.2 Å². The normalized spacial score (nSPS) is 11.0. The van der Waals surface area contributed by atoms with Crippen LogP contribution in [0, 0.1) is 0 Å². The fourth-order valence-electron chi connectivity index (χ4n) is 2.71. The molecule has 0 aliphatic rings. The maximum Gasteiger partial charge on any atom is 0.260 e. The van der Waals surface area contributed by atoms with Crippen molar-refractivity contribution in [3.8, 4) is 5.75 Å². The number of rotatable bonds is 7. The lowest BCUT2D eigenvalue weighted by molar-refractivity contribution is -0.134. The second-order valence-electron chi connectivity index (χ2n) is 5.70. The molecule has 0 bridgehead atoms. The minimum Gasteiger partial charge on any atom is -0.484 e. The first-order chi connectivity index (χ1) is 12.6. The molecule has 0 unspecified atom stereocenters. The zero-order valence-corrected chi connectivity index (χ0v) is 14.9. The van der Waals surface area contributed by atoms with E-state index in [4.69, 9.17) is 14.9 Å². The maximum atomic E-state index is 12.7. The Labute approximate surface area is 153 Å². The van der Waals surface area contributed by atoms with Crippen molar-refractivity contribution in [1.29, 1.82) is 0 Å². The van der Waals surface area contributed by atoms with Crippen molar-refractivity contribution < 1.29 is 19.7 Å². The van der Waals surface area contributed by atoms with Crippen LogP contribution in [0.2, 0.25) is 0 Å². The van der Waals surface area contributed by atoms with Gasteiger partial charge in [-0.15, -0.1) is 11.3 Å². The molecule has 0 aliphatic carbocycles. The Hall–Kier alpha value is -2.48. The third-order valence-electron chi connectivity index (χ3n) is 4.00. The summed E-state index contributed by atoms with van der Waals surface area (Å²) in [5.41, 5.74) is -0.0617. The standard InChI is InChI=1S/C19H19NO5S/c21-9-7-20(8-10-22)18(23)12-25-13-5-6-17-15(11-13)19(24)14-3-1-2-4-16(14)26-17/h1-6,11,21-22H,7-10,12H2. The summed E-state index contributed by atoms with van der Waals surface area (Å²) in [6.45, 7) is -0.320. The number of carbonyl (C=O) groups is 1. The first-order valence-electron chi connectivity index (χ1n) is 8.22. The molecule has 0 radical (unpaired) electrons. The van der Waals surface area contributed by atoms with E-state index in [2.05, 4.69) is 0 Å². The summed E-state index contributed by atoms with van der Waals surface area (Å²) in [6.07, 6.45) is 0. The maximum absolute atomic E-state index is 12.7. The zero-order chi connectivity index (χ0) is 18.5. The van der Waals surface area contributed by atoms with E-state index < -0.39 is 0 Å². The molecule has 1 amide bonds. The summed E-state index contributed by atoms with van der Waals surface area (Å²) in [4.78, 5) is 26.1. The van der Waals surface area contributed by atoms with E-state index in [-0.39, 0.29) is 44.2 Å². The molecule has 0 saturated carbocycles. The Balaban J connectivity index is 1.83. The molecule has 0 saturated heterocycles. The summed E-state index contributed by atoms with van der Waals surface area (Å²) in [5, 5.41) is 19.2.